The van der Waals surface area contributed by atoms with Gasteiger partial charge >= 0.3 is 0 Å². The molecule has 2 N–H and O–H groups in total. The highest BCUT2D eigenvalue weighted by atomic mass is 16.3. The molecule has 18 heavy (non-hydrogen) atoms. The summed E-state index contributed by atoms with van der Waals surface area (Å²) in [4.78, 5) is 8.36. The highest BCUT2D eigenvalue weighted by Gasteiger charge is 2.16. The van der Waals surface area contributed by atoms with Gasteiger partial charge in [-0.3, -0.25) is 5.01 Å². The molecule has 6 nitrogen and oxygen atoms in total. The Labute approximate surface area is 105 Å². The van der Waals surface area contributed by atoms with Crippen LogP contribution in [0.25, 0.3) is 11.5 Å². The summed E-state index contributed by atoms with van der Waals surface area (Å²) in [5, 5.41) is 9.99. The van der Waals surface area contributed by atoms with Crippen LogP contribution >= 0.6 is 0 Å². The second kappa shape index (κ2) is 5.29. The zero-order valence-corrected chi connectivity index (χ0v) is 10.00. The van der Waals surface area contributed by atoms with E-state index in [0.29, 0.717) is 23.7 Å². The first-order valence-corrected chi connectivity index (χ1v) is 5.54. The topological polar surface area (TPSA) is 92.0 Å². The molecule has 2 aromatic rings. The molecule has 2 aromatic heterocycles. The van der Waals surface area contributed by atoms with Crippen LogP contribution in [-0.4, -0.2) is 16.5 Å². The first-order chi connectivity index (χ1) is 8.77. The molecule has 0 atom stereocenters. The molecule has 0 spiro atoms. The number of anilines is 1. The Balaban J connectivity index is 2.50. The Morgan fingerprint density at radius 3 is 2.94 bits per heavy atom. The minimum absolute atomic E-state index is 0.0710. The molecule has 0 saturated carbocycles. The average Bonchev–Trinajstić information content (AvgIpc) is 2.91. The van der Waals surface area contributed by atoms with Crippen LogP contribution < -0.4 is 10.9 Å². The van der Waals surface area contributed by atoms with E-state index in [1.54, 1.807) is 12.3 Å². The third-order valence-corrected chi connectivity index (χ3v) is 2.54. The molecule has 0 aromatic carbocycles. The van der Waals surface area contributed by atoms with Crippen molar-refractivity contribution in [1.82, 2.24) is 9.97 Å². The summed E-state index contributed by atoms with van der Waals surface area (Å²) in [5.41, 5.74) is 1.58. The maximum absolute atomic E-state index is 8.68. The standard InChI is InChI=1S/C12H13N5O/c1-2-9-11(10-4-3-7-18-10)15-8-16-12(9)17(14)6-5-13/h3-4,7-8H,2,6,14H2,1H3. The Morgan fingerprint density at radius 1 is 1.50 bits per heavy atom. The molecule has 0 amide bonds. The number of hydrazine groups is 1. The quantitative estimate of drug-likeness (QED) is 0.497. The fraction of sp³-hybridized carbons (Fsp3) is 0.250. The summed E-state index contributed by atoms with van der Waals surface area (Å²) in [7, 11) is 0. The predicted molar refractivity (Wildman–Crippen MR) is 66.3 cm³/mol. The lowest BCUT2D eigenvalue weighted by Crippen LogP contribution is -2.33. The van der Waals surface area contributed by atoms with Crippen molar-refractivity contribution in [2.75, 3.05) is 11.6 Å². The minimum Gasteiger partial charge on any atom is -0.463 e. The zero-order valence-electron chi connectivity index (χ0n) is 10.00. The summed E-state index contributed by atoms with van der Waals surface area (Å²) in [6.45, 7) is 2.05. The fourth-order valence-electron chi connectivity index (χ4n) is 1.75. The van der Waals surface area contributed by atoms with Gasteiger partial charge in [-0.2, -0.15) is 5.26 Å². The molecule has 2 rings (SSSR count). The lowest BCUT2D eigenvalue weighted by molar-refractivity contribution is 0.578. The maximum Gasteiger partial charge on any atom is 0.152 e. The summed E-state index contributed by atoms with van der Waals surface area (Å²) >= 11 is 0. The van der Waals surface area contributed by atoms with Gasteiger partial charge in [0.05, 0.1) is 12.3 Å². The summed E-state index contributed by atoms with van der Waals surface area (Å²) in [5.74, 6) is 7.02. The van der Waals surface area contributed by atoms with Crippen molar-refractivity contribution in [3.8, 4) is 17.5 Å². The number of nitrogens with zero attached hydrogens (tertiary/aromatic N) is 4. The molecule has 0 aliphatic rings. The van der Waals surface area contributed by atoms with E-state index in [2.05, 4.69) is 9.97 Å². The second-order valence-corrected chi connectivity index (χ2v) is 3.64. The number of hydrogen-bond acceptors (Lipinski definition) is 6. The van der Waals surface area contributed by atoms with Gasteiger partial charge in [-0.1, -0.05) is 6.92 Å². The number of hydrogen-bond donors (Lipinski definition) is 1. The van der Waals surface area contributed by atoms with Crippen molar-refractivity contribution in [1.29, 1.82) is 5.26 Å². The number of nitrogens with two attached hydrogens (primary N) is 1. The smallest absolute Gasteiger partial charge is 0.152 e. The maximum atomic E-state index is 8.68. The van der Waals surface area contributed by atoms with Crippen LogP contribution in [0.5, 0.6) is 0 Å². The van der Waals surface area contributed by atoms with E-state index in [0.717, 1.165) is 5.56 Å². The molecule has 92 valence electrons. The number of nitriles is 1. The van der Waals surface area contributed by atoms with Gasteiger partial charge in [0.25, 0.3) is 0 Å². The molecular formula is C12H13N5O. The van der Waals surface area contributed by atoms with Crippen molar-refractivity contribution < 1.29 is 4.42 Å². The van der Waals surface area contributed by atoms with Crippen molar-refractivity contribution in [2.24, 2.45) is 5.84 Å². The SMILES string of the molecule is CCc1c(-c2ccco2)ncnc1N(N)CC#N. The summed E-state index contributed by atoms with van der Waals surface area (Å²) < 4.78 is 5.34. The lowest BCUT2D eigenvalue weighted by Gasteiger charge is -2.18. The van der Waals surface area contributed by atoms with Crippen molar-refractivity contribution in [3.63, 3.8) is 0 Å². The second-order valence-electron chi connectivity index (χ2n) is 3.64. The van der Waals surface area contributed by atoms with E-state index in [9.17, 15) is 0 Å². The molecule has 0 radical (unpaired) electrons. The molecule has 0 saturated heterocycles. The van der Waals surface area contributed by atoms with Crippen LogP contribution in [0.15, 0.2) is 29.1 Å². The van der Waals surface area contributed by atoms with Crippen LogP contribution in [0.4, 0.5) is 5.82 Å². The van der Waals surface area contributed by atoms with Gasteiger partial charge < -0.3 is 4.42 Å². The Bertz CT molecular complexity index is 558. The molecular weight excluding hydrogens is 230 g/mol. The van der Waals surface area contributed by atoms with Gasteiger partial charge in [0.15, 0.2) is 11.6 Å². The van der Waals surface area contributed by atoms with Gasteiger partial charge in [0.2, 0.25) is 0 Å². The molecule has 0 fully saturated rings. The van der Waals surface area contributed by atoms with E-state index in [4.69, 9.17) is 15.5 Å². The van der Waals surface area contributed by atoms with E-state index in [1.807, 2.05) is 19.1 Å². The van der Waals surface area contributed by atoms with E-state index >= 15 is 0 Å². The number of furan rings is 1. The van der Waals surface area contributed by atoms with E-state index in [1.165, 1.54) is 11.3 Å². The Hall–Kier alpha value is -2.39. The van der Waals surface area contributed by atoms with Crippen LogP contribution in [0, 0.1) is 11.3 Å². The van der Waals surface area contributed by atoms with Gasteiger partial charge in [0, 0.05) is 5.56 Å². The number of aromatic nitrogens is 2. The first-order valence-electron chi connectivity index (χ1n) is 5.54. The fourth-order valence-corrected chi connectivity index (χ4v) is 1.75. The Kier molecular flexibility index (Phi) is 3.55. The van der Waals surface area contributed by atoms with Gasteiger partial charge in [-0.15, -0.1) is 0 Å². The predicted octanol–water partition coefficient (Wildman–Crippen LogP) is 1.50. The van der Waals surface area contributed by atoms with Crippen LogP contribution in [-0.2, 0) is 6.42 Å². The summed E-state index contributed by atoms with van der Waals surface area (Å²) in [6.07, 6.45) is 3.71. The van der Waals surface area contributed by atoms with Crippen LogP contribution in [0.2, 0.25) is 0 Å². The highest BCUT2D eigenvalue weighted by molar-refractivity contribution is 5.64. The lowest BCUT2D eigenvalue weighted by atomic mass is 10.1. The van der Waals surface area contributed by atoms with Gasteiger partial charge in [-0.25, -0.2) is 15.8 Å². The normalized spacial score (nSPS) is 10.1. The molecule has 0 aliphatic carbocycles. The minimum atomic E-state index is 0.0710. The van der Waals surface area contributed by atoms with Gasteiger partial charge in [0.1, 0.15) is 18.6 Å². The third-order valence-electron chi connectivity index (χ3n) is 2.54. The molecule has 0 bridgehead atoms. The molecule has 0 aliphatic heterocycles. The average molecular weight is 243 g/mol. The van der Waals surface area contributed by atoms with E-state index in [-0.39, 0.29) is 6.54 Å². The monoisotopic (exact) mass is 243 g/mol. The molecule has 6 heteroatoms. The molecule has 2 heterocycles. The summed E-state index contributed by atoms with van der Waals surface area (Å²) in [6, 6.07) is 5.62. The first kappa shape index (κ1) is 12.1. The van der Waals surface area contributed by atoms with Crippen LogP contribution in [0.3, 0.4) is 0 Å². The number of rotatable bonds is 4. The highest BCUT2D eigenvalue weighted by Crippen LogP contribution is 2.27. The Morgan fingerprint density at radius 2 is 2.33 bits per heavy atom. The van der Waals surface area contributed by atoms with Gasteiger partial charge in [-0.05, 0) is 18.6 Å². The molecule has 0 unspecified atom stereocenters. The zero-order chi connectivity index (χ0) is 13.0. The van der Waals surface area contributed by atoms with Crippen molar-refractivity contribution >= 4 is 5.82 Å². The largest absolute Gasteiger partial charge is 0.463 e. The van der Waals surface area contributed by atoms with E-state index < -0.39 is 0 Å². The van der Waals surface area contributed by atoms with Crippen molar-refractivity contribution in [2.45, 2.75) is 13.3 Å². The van der Waals surface area contributed by atoms with Crippen LogP contribution in [0.1, 0.15) is 12.5 Å². The van der Waals surface area contributed by atoms with Crippen molar-refractivity contribution in [3.05, 3.63) is 30.3 Å². The third kappa shape index (κ3) is 2.17.